The molecule has 3 nitrogen and oxygen atoms in total. The smallest absolute Gasteiger partial charge is 0.393 e. The van der Waals surface area contributed by atoms with Crippen LogP contribution in [-0.2, 0) is 0 Å². The minimum atomic E-state index is -5.90. The maximum Gasteiger partial charge on any atom is 0.429 e. The zero-order valence-electron chi connectivity index (χ0n) is 20.7. The number of rotatable bonds is 6. The molecule has 37 heavy (non-hydrogen) atoms. The Morgan fingerprint density at radius 2 is 1.78 bits per heavy atom. The highest BCUT2D eigenvalue weighted by Crippen LogP contribution is 2.57. The molecule has 3 N–H and O–H groups in total. The van der Waals surface area contributed by atoms with Crippen LogP contribution in [0.4, 0.5) is 26.3 Å². The Balaban J connectivity index is 1.81. The van der Waals surface area contributed by atoms with Crippen LogP contribution in [0.25, 0.3) is 0 Å². The molecule has 0 saturated heterocycles. The fourth-order valence-electron chi connectivity index (χ4n) is 5.98. The van der Waals surface area contributed by atoms with Crippen molar-refractivity contribution in [3.63, 3.8) is 0 Å². The van der Waals surface area contributed by atoms with Gasteiger partial charge in [-0.25, -0.2) is 0 Å². The van der Waals surface area contributed by atoms with Crippen LogP contribution in [0.1, 0.15) is 51.9 Å². The second-order valence-electron chi connectivity index (χ2n) is 10.5. The first-order chi connectivity index (χ1) is 17.0. The molecule has 2 fully saturated rings. The Morgan fingerprint density at radius 1 is 1.14 bits per heavy atom. The van der Waals surface area contributed by atoms with Crippen LogP contribution in [0, 0.1) is 17.3 Å². The van der Waals surface area contributed by atoms with Crippen molar-refractivity contribution in [2.75, 3.05) is 0 Å². The number of halogens is 6. The largest absolute Gasteiger partial charge is 0.429 e. The Morgan fingerprint density at radius 3 is 2.38 bits per heavy atom. The Labute approximate surface area is 213 Å². The van der Waals surface area contributed by atoms with E-state index in [1.165, 1.54) is 6.08 Å². The number of alkyl halides is 6. The van der Waals surface area contributed by atoms with E-state index < -0.39 is 36.1 Å². The standard InChI is InChI=1S/C28H34F6O3/c1-4-18(7-6-14-26(37,27(29,30)31)28(32,33)34)22-11-12-23-19(8-5-13-25(22,23)3)9-10-20-15-21(35)16-24(36)17(20)2/h4,6,9-11,14,18,21,23-24,35-37H,1-2,5,7-8,12-13,15-16H2,3H3/b14-6+,19-9+,20-10-/t18-,21-,23?,24+,25-/m1/s1. The highest BCUT2D eigenvalue weighted by Gasteiger charge is 2.68. The molecule has 0 bridgehead atoms. The SMILES string of the molecule is C=C[C@H](C/C=C/C(O)(C(F)(F)F)C(F)(F)F)C1=CCC2/C(=C/C=C3/C[C@@H](O)C[C@H](O)C3=C)CCC[C@]12C. The molecule has 0 aromatic heterocycles. The molecule has 0 heterocycles. The third-order valence-electron chi connectivity index (χ3n) is 8.17. The molecule has 0 spiro atoms. The first-order valence-corrected chi connectivity index (χ1v) is 12.4. The summed E-state index contributed by atoms with van der Waals surface area (Å²) in [6.07, 6.45) is -1.63. The molecular formula is C28H34F6O3. The summed E-state index contributed by atoms with van der Waals surface area (Å²) >= 11 is 0. The zero-order valence-corrected chi connectivity index (χ0v) is 20.7. The van der Waals surface area contributed by atoms with Crippen molar-refractivity contribution in [1.29, 1.82) is 0 Å². The van der Waals surface area contributed by atoms with Gasteiger partial charge in [-0.05, 0) is 67.1 Å². The average Bonchev–Trinajstić information content (AvgIpc) is 3.13. The van der Waals surface area contributed by atoms with Gasteiger partial charge in [0.25, 0.3) is 5.60 Å². The molecule has 0 radical (unpaired) electrons. The highest BCUT2D eigenvalue weighted by molar-refractivity contribution is 5.40. The van der Waals surface area contributed by atoms with Crippen LogP contribution < -0.4 is 0 Å². The summed E-state index contributed by atoms with van der Waals surface area (Å²) < 4.78 is 78.1. The molecule has 3 rings (SSSR count). The Bertz CT molecular complexity index is 1000. The van der Waals surface area contributed by atoms with E-state index in [0.29, 0.717) is 18.4 Å². The van der Waals surface area contributed by atoms with Gasteiger partial charge in [-0.3, -0.25) is 0 Å². The fourth-order valence-corrected chi connectivity index (χ4v) is 5.98. The molecule has 2 saturated carbocycles. The Kier molecular flexibility index (Phi) is 8.42. The third kappa shape index (κ3) is 5.68. The van der Waals surface area contributed by atoms with Crippen molar-refractivity contribution >= 4 is 0 Å². The molecule has 9 heteroatoms. The predicted molar refractivity (Wildman–Crippen MR) is 129 cm³/mol. The summed E-state index contributed by atoms with van der Waals surface area (Å²) in [5.74, 6) is -0.383. The molecule has 1 unspecified atom stereocenters. The molecule has 5 atom stereocenters. The van der Waals surface area contributed by atoms with Crippen molar-refractivity contribution < 1.29 is 41.7 Å². The lowest BCUT2D eigenvalue weighted by Crippen LogP contribution is -2.55. The minimum Gasteiger partial charge on any atom is -0.393 e. The summed E-state index contributed by atoms with van der Waals surface area (Å²) in [6, 6.07) is 0. The number of hydrogen-bond donors (Lipinski definition) is 3. The van der Waals surface area contributed by atoms with E-state index in [1.807, 2.05) is 18.2 Å². The van der Waals surface area contributed by atoms with Gasteiger partial charge >= 0.3 is 12.4 Å². The second-order valence-corrected chi connectivity index (χ2v) is 10.5. The van der Waals surface area contributed by atoms with Gasteiger partial charge in [-0.2, -0.15) is 26.3 Å². The first-order valence-electron chi connectivity index (χ1n) is 12.4. The van der Waals surface area contributed by atoms with Crippen LogP contribution in [0.2, 0.25) is 0 Å². The van der Waals surface area contributed by atoms with Crippen LogP contribution in [-0.4, -0.2) is 45.5 Å². The minimum absolute atomic E-state index is 0.105. The van der Waals surface area contributed by atoms with Gasteiger partial charge in [0, 0.05) is 12.3 Å². The molecule has 0 aromatic carbocycles. The van der Waals surface area contributed by atoms with Crippen molar-refractivity contribution in [2.45, 2.75) is 82.0 Å². The van der Waals surface area contributed by atoms with E-state index in [9.17, 15) is 41.7 Å². The van der Waals surface area contributed by atoms with Crippen LogP contribution in [0.3, 0.4) is 0 Å². The fraction of sp³-hybridized carbons (Fsp3) is 0.571. The number of hydrogen-bond acceptors (Lipinski definition) is 3. The second kappa shape index (κ2) is 10.6. The third-order valence-corrected chi connectivity index (χ3v) is 8.17. The van der Waals surface area contributed by atoms with Crippen LogP contribution in [0.5, 0.6) is 0 Å². The van der Waals surface area contributed by atoms with Crippen molar-refractivity contribution in [3.05, 3.63) is 71.9 Å². The molecule has 206 valence electrons. The van der Waals surface area contributed by atoms with E-state index in [0.717, 1.165) is 42.1 Å². The van der Waals surface area contributed by atoms with Gasteiger partial charge < -0.3 is 15.3 Å². The monoisotopic (exact) mass is 532 g/mol. The van der Waals surface area contributed by atoms with Gasteiger partial charge in [-0.15, -0.1) is 6.58 Å². The van der Waals surface area contributed by atoms with Crippen LogP contribution >= 0.6 is 0 Å². The number of aliphatic hydroxyl groups excluding tert-OH is 2. The van der Waals surface area contributed by atoms with Gasteiger partial charge in [0.05, 0.1) is 12.2 Å². The lowest BCUT2D eigenvalue weighted by Gasteiger charge is -2.42. The number of allylic oxidation sites excluding steroid dienone is 7. The Hall–Kier alpha value is -2.10. The maximum absolute atomic E-state index is 13.0. The van der Waals surface area contributed by atoms with Gasteiger partial charge in [-0.1, -0.05) is 55.0 Å². The number of fused-ring (bicyclic) bond motifs is 1. The predicted octanol–water partition coefficient (Wildman–Crippen LogP) is 6.65. The van der Waals surface area contributed by atoms with Gasteiger partial charge in [0.1, 0.15) is 0 Å². The molecule has 0 aliphatic heterocycles. The average molecular weight is 533 g/mol. The molecule has 3 aliphatic rings. The molecule has 3 aliphatic carbocycles. The topological polar surface area (TPSA) is 60.7 Å². The summed E-state index contributed by atoms with van der Waals surface area (Å²) in [4.78, 5) is 0. The van der Waals surface area contributed by atoms with E-state index in [-0.39, 0.29) is 30.3 Å². The lowest BCUT2D eigenvalue weighted by atomic mass is 9.62. The lowest BCUT2D eigenvalue weighted by molar-refractivity contribution is -0.347. The summed E-state index contributed by atoms with van der Waals surface area (Å²) in [5, 5.41) is 29.5. The first kappa shape index (κ1) is 29.5. The van der Waals surface area contributed by atoms with Crippen LogP contribution in [0.15, 0.2) is 71.9 Å². The quantitative estimate of drug-likeness (QED) is 0.265. The van der Waals surface area contributed by atoms with E-state index in [4.69, 9.17) is 0 Å². The van der Waals surface area contributed by atoms with E-state index >= 15 is 0 Å². The van der Waals surface area contributed by atoms with Gasteiger partial charge in [0.15, 0.2) is 0 Å². The number of aliphatic hydroxyl groups is 3. The van der Waals surface area contributed by atoms with E-state index in [1.54, 1.807) is 0 Å². The summed E-state index contributed by atoms with van der Waals surface area (Å²) in [5.41, 5.74) is -1.80. The molecular weight excluding hydrogens is 498 g/mol. The maximum atomic E-state index is 13.0. The van der Waals surface area contributed by atoms with Crippen molar-refractivity contribution in [1.82, 2.24) is 0 Å². The van der Waals surface area contributed by atoms with Crippen molar-refractivity contribution in [2.24, 2.45) is 17.3 Å². The van der Waals surface area contributed by atoms with E-state index in [2.05, 4.69) is 20.1 Å². The molecule has 0 amide bonds. The zero-order chi connectivity index (χ0) is 27.8. The normalized spacial score (nSPS) is 32.6. The van der Waals surface area contributed by atoms with Gasteiger partial charge in [0.2, 0.25) is 0 Å². The molecule has 0 aromatic rings. The van der Waals surface area contributed by atoms with Crippen molar-refractivity contribution in [3.8, 4) is 0 Å². The summed E-state index contributed by atoms with van der Waals surface area (Å²) in [6.45, 7) is 9.76. The highest BCUT2D eigenvalue weighted by atomic mass is 19.4. The summed E-state index contributed by atoms with van der Waals surface area (Å²) in [7, 11) is 0.